The number of hydrogen-bond donors (Lipinski definition) is 0. The van der Waals surface area contributed by atoms with E-state index < -0.39 is 42.5 Å². The van der Waals surface area contributed by atoms with Gasteiger partial charge in [0.15, 0.2) is 17.3 Å². The first-order valence-corrected chi connectivity index (χ1v) is 4.99. The van der Waals surface area contributed by atoms with Crippen molar-refractivity contribution in [1.82, 2.24) is 0 Å². The third-order valence-electron chi connectivity index (χ3n) is 1.72. The van der Waals surface area contributed by atoms with Crippen molar-refractivity contribution >= 4 is 21.7 Å². The van der Waals surface area contributed by atoms with Crippen molar-refractivity contribution in [3.63, 3.8) is 0 Å². The molecule has 0 heterocycles. The first-order chi connectivity index (χ1) is 11.0. The van der Waals surface area contributed by atoms with Crippen molar-refractivity contribution in [3.8, 4) is 11.5 Å². The van der Waals surface area contributed by atoms with Crippen LogP contribution >= 0.6 is 15.9 Å². The van der Waals surface area contributed by atoms with Crippen LogP contribution in [0.1, 0.15) is 36.0 Å². The van der Waals surface area contributed by atoms with Gasteiger partial charge in [0, 0.05) is 16.3 Å². The predicted molar refractivity (Wildman–Crippen MR) is 66.9 cm³/mol. The van der Waals surface area contributed by atoms with Crippen LogP contribution in [0.15, 0.2) is 18.2 Å². The van der Waals surface area contributed by atoms with Crippen LogP contribution in [0.4, 0.5) is 0 Å². The summed E-state index contributed by atoms with van der Waals surface area (Å²) in [6, 6.07) is 3.30. The van der Waals surface area contributed by atoms with E-state index in [1.165, 1.54) is 13.0 Å². The molecule has 0 aliphatic rings. The molecule has 0 saturated heterocycles. The number of Topliss-reactive ketones (excluding diaryl/α,β-unsaturated/α-hetero) is 1. The van der Waals surface area contributed by atoms with Gasteiger partial charge in [0.1, 0.15) is 0 Å². The van der Waals surface area contributed by atoms with Crippen molar-refractivity contribution in [2.24, 2.45) is 0 Å². The molecule has 0 atom stereocenters. The normalized spacial score (nSPS) is 21.8. The van der Waals surface area contributed by atoms with E-state index in [1.807, 2.05) is 0 Å². The van der Waals surface area contributed by atoms with Gasteiger partial charge >= 0.3 is 0 Å². The highest BCUT2D eigenvalue weighted by molar-refractivity contribution is 9.09. The summed E-state index contributed by atoms with van der Waals surface area (Å²) in [4.78, 5) is 11.4. The van der Waals surface area contributed by atoms with Crippen LogP contribution in [0.2, 0.25) is 0 Å². The zero-order valence-corrected chi connectivity index (χ0v) is 9.92. The van der Waals surface area contributed by atoms with Crippen LogP contribution in [0.5, 0.6) is 11.5 Å². The second-order valence-corrected chi connectivity index (χ2v) is 3.14. The second kappa shape index (κ2) is 6.53. The first-order valence-electron chi connectivity index (χ1n) is 8.70. The van der Waals surface area contributed by atoms with Crippen molar-refractivity contribution in [2.75, 3.05) is 18.9 Å². The summed E-state index contributed by atoms with van der Waals surface area (Å²) < 4.78 is 76.4. The maximum Gasteiger partial charge on any atom is 0.161 e. The molecule has 3 nitrogen and oxygen atoms in total. The number of carbonyl (C=O) groups excluding carboxylic acids is 1. The molecule has 0 spiro atoms. The number of rotatable bonds is 6. The number of ether oxygens (including phenoxy) is 2. The Balaban J connectivity index is 3.35. The summed E-state index contributed by atoms with van der Waals surface area (Å²) in [7, 11) is -2.93. The number of carbonyl (C=O) groups is 1. The number of benzene rings is 1. The van der Waals surface area contributed by atoms with Gasteiger partial charge in [-0.3, -0.25) is 4.79 Å². The average molecular weight is 296 g/mol. The standard InChI is InChI=1S/C12H15BrO3/c1-9(14)10-4-5-11(12(8-10)15-2)16-7-3-6-13/h4-5,8H,3,6-7H2,1-2H3/i2D3,3D2,6D2,7D2. The molecule has 88 valence electrons. The van der Waals surface area contributed by atoms with Gasteiger partial charge in [-0.05, 0) is 31.5 Å². The number of halogens is 1. The minimum Gasteiger partial charge on any atom is -0.493 e. The quantitative estimate of drug-likeness (QED) is 0.598. The van der Waals surface area contributed by atoms with Gasteiger partial charge < -0.3 is 9.47 Å². The van der Waals surface area contributed by atoms with E-state index in [9.17, 15) is 4.79 Å². The summed E-state index contributed by atoms with van der Waals surface area (Å²) in [5.41, 5.74) is 0.0750. The molecule has 1 rings (SSSR count). The van der Waals surface area contributed by atoms with Crippen molar-refractivity contribution in [1.29, 1.82) is 0 Å². The van der Waals surface area contributed by atoms with Crippen LogP contribution in [0.3, 0.4) is 0 Å². The van der Waals surface area contributed by atoms with E-state index in [0.717, 1.165) is 12.1 Å². The summed E-state index contributed by atoms with van der Waals surface area (Å²) in [5, 5.41) is -2.78. The van der Waals surface area contributed by atoms with E-state index in [2.05, 4.69) is 15.9 Å². The Morgan fingerprint density at radius 2 is 2.38 bits per heavy atom. The highest BCUT2D eigenvalue weighted by atomic mass is 79.9. The molecule has 0 amide bonds. The van der Waals surface area contributed by atoms with E-state index in [0.29, 0.717) is 0 Å². The topological polar surface area (TPSA) is 35.5 Å². The molecule has 0 radical (unpaired) electrons. The second-order valence-electron chi connectivity index (χ2n) is 2.74. The van der Waals surface area contributed by atoms with Crippen LogP contribution in [0, 0.1) is 0 Å². The van der Waals surface area contributed by atoms with Crippen LogP contribution in [-0.2, 0) is 0 Å². The van der Waals surface area contributed by atoms with Gasteiger partial charge in [0.2, 0.25) is 0 Å². The molecule has 16 heavy (non-hydrogen) atoms. The molecule has 1 aromatic carbocycles. The van der Waals surface area contributed by atoms with E-state index in [-0.39, 0.29) is 5.56 Å². The third-order valence-corrected chi connectivity index (χ3v) is 1.92. The van der Waals surface area contributed by atoms with Crippen molar-refractivity contribution in [2.45, 2.75) is 13.3 Å². The average Bonchev–Trinajstić information content (AvgIpc) is 2.37. The zero-order valence-electron chi connectivity index (χ0n) is 17.3. The van der Waals surface area contributed by atoms with Gasteiger partial charge in [0.05, 0.1) is 20.5 Å². The smallest absolute Gasteiger partial charge is 0.161 e. The minimum atomic E-state index is -3.20. The highest BCUT2D eigenvalue weighted by Crippen LogP contribution is 2.28. The lowest BCUT2D eigenvalue weighted by molar-refractivity contribution is 0.101. The van der Waals surface area contributed by atoms with E-state index >= 15 is 0 Å². The zero-order chi connectivity index (χ0) is 19.8. The van der Waals surface area contributed by atoms with Gasteiger partial charge in [0.25, 0.3) is 0 Å². The van der Waals surface area contributed by atoms with Gasteiger partial charge in [-0.15, -0.1) is 0 Å². The molecule has 1 aromatic rings. The fourth-order valence-electron chi connectivity index (χ4n) is 0.991. The van der Waals surface area contributed by atoms with Gasteiger partial charge in [-0.25, -0.2) is 0 Å². The number of alkyl halides is 1. The fourth-order valence-corrected chi connectivity index (χ4v) is 1.07. The largest absolute Gasteiger partial charge is 0.493 e. The molecule has 0 aliphatic heterocycles. The molecule has 4 heteroatoms. The monoisotopic (exact) mass is 295 g/mol. The Labute approximate surface area is 117 Å². The molecule has 0 bridgehead atoms. The number of ketones is 1. The molecule has 0 aromatic heterocycles. The number of methoxy groups -OCH3 is 1. The molecule has 0 aliphatic carbocycles. The van der Waals surface area contributed by atoms with E-state index in [4.69, 9.17) is 21.8 Å². The first kappa shape index (κ1) is 5.08. The van der Waals surface area contributed by atoms with Crippen LogP contribution in [0.25, 0.3) is 0 Å². The number of hydrogen-bond acceptors (Lipinski definition) is 3. The molecular formula is C12H15BrO3. The Hall–Kier alpha value is -1.03. The van der Waals surface area contributed by atoms with Gasteiger partial charge in [-0.1, -0.05) is 15.9 Å². The predicted octanol–water partition coefficient (Wildman–Crippen LogP) is 3.06. The molecule has 0 unspecified atom stereocenters. The lowest BCUT2D eigenvalue weighted by atomic mass is 10.1. The Bertz CT molecular complexity index is 652. The molecule has 0 saturated carbocycles. The van der Waals surface area contributed by atoms with Crippen molar-refractivity contribution in [3.05, 3.63) is 23.8 Å². The Morgan fingerprint density at radius 1 is 1.56 bits per heavy atom. The lowest BCUT2D eigenvalue weighted by Gasteiger charge is -2.10. The summed E-state index contributed by atoms with van der Waals surface area (Å²) in [6.45, 7) is -1.98. The summed E-state index contributed by atoms with van der Waals surface area (Å²) in [6.07, 6.45) is -3.16. The highest BCUT2D eigenvalue weighted by Gasteiger charge is 2.07. The Morgan fingerprint density at radius 3 is 3.00 bits per heavy atom. The van der Waals surface area contributed by atoms with E-state index in [1.54, 1.807) is 0 Å². The SMILES string of the molecule is [2H]C([2H])([2H])Oc1cc(C(C)=O)ccc1OC([2H])([2H])C([2H])([2H])C([2H])([2H])Br. The molecule has 0 N–H and O–H groups in total. The maximum absolute atomic E-state index is 11.4. The molecule has 0 fully saturated rings. The summed E-state index contributed by atoms with van der Waals surface area (Å²) in [5.74, 6) is -1.40. The molecular weight excluding hydrogens is 272 g/mol. The third kappa shape index (κ3) is 3.52. The fraction of sp³-hybridized carbons (Fsp3) is 0.417. The maximum atomic E-state index is 11.4. The lowest BCUT2D eigenvalue weighted by Crippen LogP contribution is -2.01. The summed E-state index contributed by atoms with van der Waals surface area (Å²) >= 11 is 2.42. The minimum absolute atomic E-state index is 0.0750. The van der Waals surface area contributed by atoms with Crippen molar-refractivity contribution < 1.29 is 26.6 Å². The van der Waals surface area contributed by atoms with Crippen LogP contribution in [-0.4, -0.2) is 24.7 Å². The van der Waals surface area contributed by atoms with Crippen LogP contribution < -0.4 is 9.47 Å². The van der Waals surface area contributed by atoms with Gasteiger partial charge in [-0.2, -0.15) is 0 Å². The Kier molecular flexibility index (Phi) is 2.08.